The van der Waals surface area contributed by atoms with Crippen molar-refractivity contribution in [2.45, 2.75) is 53.1 Å². The van der Waals surface area contributed by atoms with Gasteiger partial charge in [0.1, 0.15) is 0 Å². The van der Waals surface area contributed by atoms with Gasteiger partial charge in [0.2, 0.25) is 0 Å². The van der Waals surface area contributed by atoms with Crippen molar-refractivity contribution in [3.63, 3.8) is 0 Å². The van der Waals surface area contributed by atoms with Crippen molar-refractivity contribution in [2.24, 2.45) is 11.3 Å². The fraction of sp³-hybridized carbons (Fsp3) is 0.625. The van der Waals surface area contributed by atoms with Gasteiger partial charge in [0.25, 0.3) is 0 Å². The zero-order valence-electron chi connectivity index (χ0n) is 12.1. The number of hydrogen-bond acceptors (Lipinski definition) is 1. The SMILES string of the molecule is CC.CC(C)(C)C1CC(O)(c2cccc(Cl)c2)C1. The van der Waals surface area contributed by atoms with E-state index in [0.717, 1.165) is 18.4 Å². The minimum atomic E-state index is -0.650. The maximum Gasteiger partial charge on any atom is 0.0902 e. The molecule has 0 bridgehead atoms. The lowest BCUT2D eigenvalue weighted by Crippen LogP contribution is -2.46. The van der Waals surface area contributed by atoms with Crippen LogP contribution in [0.4, 0.5) is 0 Å². The largest absolute Gasteiger partial charge is 0.385 e. The summed E-state index contributed by atoms with van der Waals surface area (Å²) in [4.78, 5) is 0. The van der Waals surface area contributed by atoms with E-state index in [1.54, 1.807) is 0 Å². The van der Waals surface area contributed by atoms with Crippen molar-refractivity contribution in [2.75, 3.05) is 0 Å². The summed E-state index contributed by atoms with van der Waals surface area (Å²) in [5, 5.41) is 11.2. The number of halogens is 1. The van der Waals surface area contributed by atoms with Crippen LogP contribution in [0.1, 0.15) is 53.0 Å². The number of benzene rings is 1. The van der Waals surface area contributed by atoms with Gasteiger partial charge >= 0.3 is 0 Å². The number of hydrogen-bond donors (Lipinski definition) is 1. The first-order chi connectivity index (χ1) is 8.31. The van der Waals surface area contributed by atoms with Gasteiger partial charge in [0.05, 0.1) is 5.60 Å². The second kappa shape index (κ2) is 5.63. The van der Waals surface area contributed by atoms with Crippen LogP contribution in [0.15, 0.2) is 24.3 Å². The monoisotopic (exact) mass is 268 g/mol. The Labute approximate surface area is 116 Å². The molecule has 0 aromatic heterocycles. The molecule has 2 heteroatoms. The smallest absolute Gasteiger partial charge is 0.0902 e. The second-order valence-corrected chi connectivity index (χ2v) is 6.45. The Kier molecular flexibility index (Phi) is 4.85. The fourth-order valence-electron chi connectivity index (χ4n) is 2.38. The van der Waals surface area contributed by atoms with Crippen LogP contribution in [-0.4, -0.2) is 5.11 Å². The van der Waals surface area contributed by atoms with Gasteiger partial charge in [-0.15, -0.1) is 0 Å². The van der Waals surface area contributed by atoms with Gasteiger partial charge in [-0.05, 0) is 41.9 Å². The maximum atomic E-state index is 10.5. The zero-order valence-corrected chi connectivity index (χ0v) is 12.9. The summed E-state index contributed by atoms with van der Waals surface area (Å²) in [6.45, 7) is 10.7. The molecule has 0 heterocycles. The molecule has 0 amide bonds. The summed E-state index contributed by atoms with van der Waals surface area (Å²) < 4.78 is 0. The Morgan fingerprint density at radius 3 is 2.22 bits per heavy atom. The lowest BCUT2D eigenvalue weighted by molar-refractivity contribution is -0.112. The van der Waals surface area contributed by atoms with Crippen molar-refractivity contribution >= 4 is 11.6 Å². The van der Waals surface area contributed by atoms with Crippen LogP contribution in [0.2, 0.25) is 5.02 Å². The van der Waals surface area contributed by atoms with Gasteiger partial charge in [0, 0.05) is 5.02 Å². The average Bonchev–Trinajstić information content (AvgIpc) is 2.26. The second-order valence-electron chi connectivity index (χ2n) is 6.01. The Bertz CT molecular complexity index is 386. The van der Waals surface area contributed by atoms with Crippen LogP contribution >= 0.6 is 11.6 Å². The molecule has 2 rings (SSSR count). The topological polar surface area (TPSA) is 20.2 Å². The van der Waals surface area contributed by atoms with Gasteiger partial charge in [-0.1, -0.05) is 58.4 Å². The third-order valence-corrected chi connectivity index (χ3v) is 3.99. The van der Waals surface area contributed by atoms with E-state index in [2.05, 4.69) is 20.8 Å². The van der Waals surface area contributed by atoms with E-state index in [-0.39, 0.29) is 5.41 Å². The summed E-state index contributed by atoms with van der Waals surface area (Å²) >= 11 is 5.95. The van der Waals surface area contributed by atoms with E-state index >= 15 is 0 Å². The summed E-state index contributed by atoms with van der Waals surface area (Å²) in [6.07, 6.45) is 1.69. The van der Waals surface area contributed by atoms with E-state index < -0.39 is 5.60 Å². The van der Waals surface area contributed by atoms with Crippen LogP contribution in [0.25, 0.3) is 0 Å². The summed E-state index contributed by atoms with van der Waals surface area (Å²) in [7, 11) is 0. The molecule has 0 atom stereocenters. The van der Waals surface area contributed by atoms with E-state index in [1.165, 1.54) is 0 Å². The molecule has 0 radical (unpaired) electrons. The molecule has 0 spiro atoms. The van der Waals surface area contributed by atoms with Gasteiger partial charge in [-0.3, -0.25) is 0 Å². The van der Waals surface area contributed by atoms with Crippen LogP contribution < -0.4 is 0 Å². The third kappa shape index (κ3) is 3.27. The first-order valence-electron chi connectivity index (χ1n) is 6.80. The molecule has 1 fully saturated rings. The fourth-order valence-corrected chi connectivity index (χ4v) is 2.57. The minimum Gasteiger partial charge on any atom is -0.385 e. The lowest BCUT2D eigenvalue weighted by atomic mass is 9.58. The molecule has 0 unspecified atom stereocenters. The molecular weight excluding hydrogens is 244 g/mol. The summed E-state index contributed by atoms with van der Waals surface area (Å²) in [5.74, 6) is 0.594. The highest BCUT2D eigenvalue weighted by Gasteiger charge is 2.48. The van der Waals surface area contributed by atoms with Crippen molar-refractivity contribution in [3.05, 3.63) is 34.9 Å². The molecule has 0 saturated heterocycles. The van der Waals surface area contributed by atoms with Gasteiger partial charge in [0.15, 0.2) is 0 Å². The van der Waals surface area contributed by atoms with Crippen LogP contribution in [0, 0.1) is 11.3 Å². The highest BCUT2D eigenvalue weighted by molar-refractivity contribution is 6.30. The van der Waals surface area contributed by atoms with E-state index in [9.17, 15) is 5.11 Å². The predicted molar refractivity (Wildman–Crippen MR) is 78.9 cm³/mol. The van der Waals surface area contributed by atoms with E-state index in [4.69, 9.17) is 11.6 Å². The summed E-state index contributed by atoms with van der Waals surface area (Å²) in [6, 6.07) is 7.58. The highest BCUT2D eigenvalue weighted by Crippen LogP contribution is 2.52. The van der Waals surface area contributed by atoms with E-state index in [0.29, 0.717) is 10.9 Å². The Hall–Kier alpha value is -0.530. The van der Waals surface area contributed by atoms with Gasteiger partial charge in [-0.25, -0.2) is 0 Å². The Balaban J connectivity index is 0.000000771. The number of aliphatic hydroxyl groups is 1. The first-order valence-corrected chi connectivity index (χ1v) is 7.17. The molecule has 1 aromatic rings. The molecule has 1 aromatic carbocycles. The van der Waals surface area contributed by atoms with Crippen molar-refractivity contribution < 1.29 is 5.11 Å². The lowest BCUT2D eigenvalue weighted by Gasteiger charge is -2.50. The highest BCUT2D eigenvalue weighted by atomic mass is 35.5. The molecule has 18 heavy (non-hydrogen) atoms. The van der Waals surface area contributed by atoms with Crippen molar-refractivity contribution in [1.29, 1.82) is 0 Å². The third-order valence-electron chi connectivity index (χ3n) is 3.75. The maximum absolute atomic E-state index is 10.5. The molecule has 1 aliphatic carbocycles. The Morgan fingerprint density at radius 1 is 1.22 bits per heavy atom. The average molecular weight is 269 g/mol. The first kappa shape index (κ1) is 15.5. The molecule has 1 aliphatic rings. The Morgan fingerprint density at radius 2 is 1.78 bits per heavy atom. The van der Waals surface area contributed by atoms with Crippen LogP contribution in [0.5, 0.6) is 0 Å². The zero-order chi connectivity index (χ0) is 14.0. The van der Waals surface area contributed by atoms with E-state index in [1.807, 2.05) is 38.1 Å². The summed E-state index contributed by atoms with van der Waals surface area (Å²) in [5.41, 5.74) is 0.591. The standard InChI is InChI=1S/C14H19ClO.C2H6/c1-13(2,3)11-8-14(16,9-11)10-5-4-6-12(15)7-10;1-2/h4-7,11,16H,8-9H2,1-3H3;1-2H3. The number of rotatable bonds is 1. The molecular formula is C16H25ClO. The van der Waals surface area contributed by atoms with Gasteiger partial charge < -0.3 is 5.11 Å². The normalized spacial score (nSPS) is 26.9. The minimum absolute atomic E-state index is 0.283. The van der Waals surface area contributed by atoms with Crippen LogP contribution in [-0.2, 0) is 5.60 Å². The molecule has 0 aliphatic heterocycles. The molecule has 1 nitrogen and oxygen atoms in total. The van der Waals surface area contributed by atoms with Crippen LogP contribution in [0.3, 0.4) is 0 Å². The van der Waals surface area contributed by atoms with Gasteiger partial charge in [-0.2, -0.15) is 0 Å². The molecule has 1 saturated carbocycles. The quantitative estimate of drug-likeness (QED) is 0.759. The van der Waals surface area contributed by atoms with Crippen molar-refractivity contribution in [1.82, 2.24) is 0 Å². The van der Waals surface area contributed by atoms with Crippen molar-refractivity contribution in [3.8, 4) is 0 Å². The predicted octanol–water partition coefficient (Wildman–Crippen LogP) is 5.01. The molecule has 1 N–H and O–H groups in total. The molecule has 102 valence electrons.